The monoisotopic (exact) mass is 338 g/mol. The molecule has 0 unspecified atom stereocenters. The fourth-order valence-electron chi connectivity index (χ4n) is 2.84. The van der Waals surface area contributed by atoms with Crippen molar-refractivity contribution in [1.29, 1.82) is 0 Å². The molecule has 1 saturated heterocycles. The minimum absolute atomic E-state index is 0.0124. The molecule has 1 aliphatic heterocycles. The average molecular weight is 338 g/mol. The molecule has 130 valence electrons. The van der Waals surface area contributed by atoms with E-state index in [0.717, 1.165) is 25.9 Å². The van der Waals surface area contributed by atoms with Crippen molar-refractivity contribution in [1.82, 2.24) is 4.90 Å². The largest absolute Gasteiger partial charge is 0.484 e. The molecule has 3 rings (SSSR count). The lowest BCUT2D eigenvalue weighted by atomic mass is 10.1. The molecule has 5 heteroatoms. The van der Waals surface area contributed by atoms with Gasteiger partial charge in [-0.3, -0.25) is 9.59 Å². The van der Waals surface area contributed by atoms with E-state index >= 15 is 0 Å². The van der Waals surface area contributed by atoms with E-state index in [-0.39, 0.29) is 18.4 Å². The molecule has 2 aromatic carbocycles. The summed E-state index contributed by atoms with van der Waals surface area (Å²) in [4.78, 5) is 26.2. The highest BCUT2D eigenvalue weighted by atomic mass is 16.5. The van der Waals surface area contributed by atoms with Gasteiger partial charge in [-0.25, -0.2) is 0 Å². The van der Waals surface area contributed by atoms with E-state index in [2.05, 4.69) is 5.32 Å². The van der Waals surface area contributed by atoms with Crippen molar-refractivity contribution in [2.24, 2.45) is 0 Å². The number of amides is 2. The first-order chi connectivity index (χ1) is 12.2. The van der Waals surface area contributed by atoms with Gasteiger partial charge in [-0.2, -0.15) is 0 Å². The van der Waals surface area contributed by atoms with Gasteiger partial charge in [0, 0.05) is 30.4 Å². The topological polar surface area (TPSA) is 58.6 Å². The number of carbonyl (C=O) groups is 2. The van der Waals surface area contributed by atoms with Gasteiger partial charge < -0.3 is 15.0 Å². The fourth-order valence-corrected chi connectivity index (χ4v) is 2.84. The first-order valence-electron chi connectivity index (χ1n) is 8.59. The van der Waals surface area contributed by atoms with Gasteiger partial charge in [-0.1, -0.05) is 24.3 Å². The van der Waals surface area contributed by atoms with E-state index in [0.29, 0.717) is 17.0 Å². The Bertz CT molecular complexity index is 725. The first-order valence-corrected chi connectivity index (χ1v) is 8.59. The zero-order chi connectivity index (χ0) is 17.5. The van der Waals surface area contributed by atoms with E-state index < -0.39 is 0 Å². The molecule has 2 aromatic rings. The lowest BCUT2D eigenvalue weighted by Crippen LogP contribution is -2.38. The van der Waals surface area contributed by atoms with Crippen LogP contribution < -0.4 is 10.1 Å². The van der Waals surface area contributed by atoms with Crippen LogP contribution in [0.4, 0.5) is 5.69 Å². The van der Waals surface area contributed by atoms with Crippen LogP contribution in [0.15, 0.2) is 54.6 Å². The Labute approximate surface area is 147 Å². The highest BCUT2D eigenvalue weighted by Crippen LogP contribution is 2.18. The van der Waals surface area contributed by atoms with E-state index in [1.807, 2.05) is 23.1 Å². The second-order valence-corrected chi connectivity index (χ2v) is 6.08. The second kappa shape index (κ2) is 8.33. The maximum absolute atomic E-state index is 12.2. The zero-order valence-corrected chi connectivity index (χ0v) is 14.1. The summed E-state index contributed by atoms with van der Waals surface area (Å²) in [5.74, 6) is 0.400. The molecule has 5 nitrogen and oxygen atoms in total. The molecule has 1 heterocycles. The van der Waals surface area contributed by atoms with Crippen LogP contribution in [0.25, 0.3) is 0 Å². The molecule has 1 aliphatic rings. The van der Waals surface area contributed by atoms with E-state index in [1.165, 1.54) is 6.42 Å². The van der Waals surface area contributed by atoms with Crippen molar-refractivity contribution in [3.8, 4) is 5.75 Å². The molecular formula is C20H22N2O3. The summed E-state index contributed by atoms with van der Waals surface area (Å²) >= 11 is 0. The van der Waals surface area contributed by atoms with Gasteiger partial charge in [-0.05, 0) is 43.5 Å². The summed E-state index contributed by atoms with van der Waals surface area (Å²) in [7, 11) is 0. The van der Waals surface area contributed by atoms with Crippen LogP contribution in [0.1, 0.15) is 29.6 Å². The van der Waals surface area contributed by atoms with Gasteiger partial charge in [0.25, 0.3) is 11.8 Å². The Morgan fingerprint density at radius 3 is 2.48 bits per heavy atom. The normalized spacial score (nSPS) is 14.0. The van der Waals surface area contributed by atoms with Crippen molar-refractivity contribution in [2.75, 3.05) is 25.0 Å². The van der Waals surface area contributed by atoms with Crippen LogP contribution in [-0.2, 0) is 4.79 Å². The van der Waals surface area contributed by atoms with E-state index in [4.69, 9.17) is 4.74 Å². The molecule has 0 saturated carbocycles. The maximum atomic E-state index is 12.2. The lowest BCUT2D eigenvalue weighted by Gasteiger charge is -2.26. The second-order valence-electron chi connectivity index (χ2n) is 6.08. The van der Waals surface area contributed by atoms with Crippen molar-refractivity contribution >= 4 is 17.5 Å². The molecule has 1 N–H and O–H groups in total. The maximum Gasteiger partial charge on any atom is 0.260 e. The average Bonchev–Trinajstić information content (AvgIpc) is 2.68. The predicted molar refractivity (Wildman–Crippen MR) is 96.8 cm³/mol. The predicted octanol–water partition coefficient (Wildman–Crippen LogP) is 3.33. The lowest BCUT2D eigenvalue weighted by molar-refractivity contribution is -0.134. The van der Waals surface area contributed by atoms with Gasteiger partial charge in [-0.15, -0.1) is 0 Å². The summed E-state index contributed by atoms with van der Waals surface area (Å²) in [6.45, 7) is 1.65. The molecular weight excluding hydrogens is 316 g/mol. The van der Waals surface area contributed by atoms with Crippen LogP contribution in [0.5, 0.6) is 5.75 Å². The fraction of sp³-hybridized carbons (Fsp3) is 0.300. The molecule has 25 heavy (non-hydrogen) atoms. The van der Waals surface area contributed by atoms with Crippen LogP contribution >= 0.6 is 0 Å². The molecule has 0 bridgehead atoms. The number of likely N-dealkylation sites (tertiary alicyclic amines) is 1. The van der Waals surface area contributed by atoms with Gasteiger partial charge in [0.1, 0.15) is 5.75 Å². The molecule has 0 spiro atoms. The molecule has 0 radical (unpaired) electrons. The van der Waals surface area contributed by atoms with Gasteiger partial charge in [0.05, 0.1) is 0 Å². The number of carbonyl (C=O) groups excluding carboxylic acids is 2. The van der Waals surface area contributed by atoms with E-state index in [1.54, 1.807) is 36.4 Å². The van der Waals surface area contributed by atoms with Crippen LogP contribution in [0.2, 0.25) is 0 Å². The standard InChI is InChI=1S/C20H22N2O3/c23-19(22-12-5-2-6-13-22)15-25-18-11-7-10-17(14-18)21-20(24)16-8-3-1-4-9-16/h1,3-4,7-11,14H,2,5-6,12-13,15H2,(H,21,24). The third-order valence-corrected chi connectivity index (χ3v) is 4.20. The summed E-state index contributed by atoms with van der Waals surface area (Å²) < 4.78 is 5.61. The smallest absolute Gasteiger partial charge is 0.260 e. The number of hydrogen-bond donors (Lipinski definition) is 1. The Kier molecular flexibility index (Phi) is 5.67. The number of piperidine rings is 1. The number of rotatable bonds is 5. The zero-order valence-electron chi connectivity index (χ0n) is 14.1. The van der Waals surface area contributed by atoms with E-state index in [9.17, 15) is 9.59 Å². The number of ether oxygens (including phenoxy) is 1. The minimum atomic E-state index is -0.179. The highest BCUT2D eigenvalue weighted by Gasteiger charge is 2.16. The van der Waals surface area contributed by atoms with Crippen LogP contribution in [0, 0.1) is 0 Å². The Morgan fingerprint density at radius 1 is 0.960 bits per heavy atom. The molecule has 1 fully saturated rings. The summed E-state index contributed by atoms with van der Waals surface area (Å²) in [6, 6.07) is 16.1. The Morgan fingerprint density at radius 2 is 1.72 bits per heavy atom. The number of nitrogens with zero attached hydrogens (tertiary/aromatic N) is 1. The Hall–Kier alpha value is -2.82. The molecule has 0 atom stereocenters. The minimum Gasteiger partial charge on any atom is -0.484 e. The van der Waals surface area contributed by atoms with Crippen molar-refractivity contribution in [2.45, 2.75) is 19.3 Å². The number of anilines is 1. The van der Waals surface area contributed by atoms with Crippen molar-refractivity contribution < 1.29 is 14.3 Å². The van der Waals surface area contributed by atoms with Gasteiger partial charge in [0.15, 0.2) is 6.61 Å². The van der Waals surface area contributed by atoms with Crippen molar-refractivity contribution in [3.63, 3.8) is 0 Å². The third kappa shape index (κ3) is 4.83. The quantitative estimate of drug-likeness (QED) is 0.910. The molecule has 0 aromatic heterocycles. The third-order valence-electron chi connectivity index (χ3n) is 4.20. The Balaban J connectivity index is 1.56. The number of benzene rings is 2. The first kappa shape index (κ1) is 17.0. The molecule has 2 amide bonds. The van der Waals surface area contributed by atoms with Gasteiger partial charge >= 0.3 is 0 Å². The van der Waals surface area contributed by atoms with Crippen LogP contribution in [0.3, 0.4) is 0 Å². The molecule has 0 aliphatic carbocycles. The summed E-state index contributed by atoms with van der Waals surface area (Å²) in [6.07, 6.45) is 3.31. The highest BCUT2D eigenvalue weighted by molar-refractivity contribution is 6.04. The number of hydrogen-bond acceptors (Lipinski definition) is 3. The van der Waals surface area contributed by atoms with Crippen molar-refractivity contribution in [3.05, 3.63) is 60.2 Å². The SMILES string of the molecule is O=C(Nc1cccc(OCC(=O)N2CCCCC2)c1)c1ccccc1. The van der Waals surface area contributed by atoms with Gasteiger partial charge in [0.2, 0.25) is 0 Å². The summed E-state index contributed by atoms with van der Waals surface area (Å²) in [5, 5.41) is 2.84. The number of nitrogens with one attached hydrogen (secondary N) is 1. The summed E-state index contributed by atoms with van der Waals surface area (Å²) in [5.41, 5.74) is 1.23. The van der Waals surface area contributed by atoms with Crippen LogP contribution in [-0.4, -0.2) is 36.4 Å².